The molecule has 1 amide bonds. The summed E-state index contributed by atoms with van der Waals surface area (Å²) in [5, 5.41) is 2.92. The Balaban J connectivity index is 1.69. The van der Waals surface area contributed by atoms with Gasteiger partial charge in [-0.15, -0.1) is 0 Å². The van der Waals surface area contributed by atoms with E-state index < -0.39 is 0 Å². The van der Waals surface area contributed by atoms with E-state index in [1.54, 1.807) is 0 Å². The fourth-order valence-electron chi connectivity index (χ4n) is 2.72. The third-order valence-corrected chi connectivity index (χ3v) is 3.75. The lowest BCUT2D eigenvalue weighted by atomic mass is 9.89. The first-order valence-corrected chi connectivity index (χ1v) is 7.77. The predicted octanol–water partition coefficient (Wildman–Crippen LogP) is 3.39. The van der Waals surface area contributed by atoms with Crippen molar-refractivity contribution in [1.29, 1.82) is 0 Å². The Morgan fingerprint density at radius 2 is 2.25 bits per heavy atom. The van der Waals surface area contributed by atoms with Crippen LogP contribution in [0.3, 0.4) is 0 Å². The number of carbonyl (C=O) groups excluding carboxylic acids is 1. The topological polar surface area (TPSA) is 38.3 Å². The van der Waals surface area contributed by atoms with Gasteiger partial charge in [0.15, 0.2) is 0 Å². The highest BCUT2D eigenvalue weighted by Gasteiger charge is 2.19. The van der Waals surface area contributed by atoms with Crippen molar-refractivity contribution in [3.8, 4) is 0 Å². The van der Waals surface area contributed by atoms with Crippen LogP contribution in [0.1, 0.15) is 56.3 Å². The zero-order valence-electron chi connectivity index (χ0n) is 12.4. The fourth-order valence-corrected chi connectivity index (χ4v) is 2.72. The molecule has 20 heavy (non-hydrogen) atoms. The van der Waals surface area contributed by atoms with Crippen molar-refractivity contribution in [2.24, 2.45) is 0 Å². The number of aryl methyl sites for hydroxylation is 1. The average Bonchev–Trinajstić information content (AvgIpc) is 2.47. The number of nitrogens with one attached hydrogen (secondary N) is 1. The molecule has 1 aromatic rings. The SMILES string of the molecule is CCCC(=O)NCCCO[C@H]1CCCc2ccccc21. The minimum atomic E-state index is 0.149. The first kappa shape index (κ1) is 15.0. The van der Waals surface area contributed by atoms with E-state index >= 15 is 0 Å². The second kappa shape index (κ2) is 8.05. The molecule has 0 unspecified atom stereocenters. The molecule has 0 aliphatic heterocycles. The van der Waals surface area contributed by atoms with Gasteiger partial charge in [0.2, 0.25) is 5.91 Å². The highest BCUT2D eigenvalue weighted by Crippen LogP contribution is 2.32. The molecule has 3 heteroatoms. The Hall–Kier alpha value is -1.35. The van der Waals surface area contributed by atoms with E-state index in [9.17, 15) is 4.79 Å². The van der Waals surface area contributed by atoms with E-state index in [2.05, 4.69) is 29.6 Å². The van der Waals surface area contributed by atoms with Crippen molar-refractivity contribution < 1.29 is 9.53 Å². The molecule has 0 heterocycles. The van der Waals surface area contributed by atoms with E-state index in [1.807, 2.05) is 6.92 Å². The number of amides is 1. The van der Waals surface area contributed by atoms with Crippen LogP contribution >= 0.6 is 0 Å². The summed E-state index contributed by atoms with van der Waals surface area (Å²) in [6.07, 6.45) is 6.13. The van der Waals surface area contributed by atoms with E-state index in [0.29, 0.717) is 19.6 Å². The maximum Gasteiger partial charge on any atom is 0.219 e. The molecule has 3 nitrogen and oxygen atoms in total. The molecular weight excluding hydrogens is 250 g/mol. The second-order valence-corrected chi connectivity index (χ2v) is 5.40. The Bertz CT molecular complexity index is 431. The zero-order chi connectivity index (χ0) is 14.2. The van der Waals surface area contributed by atoms with Crippen LogP contribution in [-0.2, 0) is 16.0 Å². The molecule has 0 spiro atoms. The van der Waals surface area contributed by atoms with Gasteiger partial charge in [-0.2, -0.15) is 0 Å². The Morgan fingerprint density at radius 1 is 1.40 bits per heavy atom. The van der Waals surface area contributed by atoms with Crippen LogP contribution in [0.4, 0.5) is 0 Å². The van der Waals surface area contributed by atoms with Gasteiger partial charge in [0.25, 0.3) is 0 Å². The van der Waals surface area contributed by atoms with Crippen LogP contribution in [0.5, 0.6) is 0 Å². The maximum absolute atomic E-state index is 11.3. The lowest BCUT2D eigenvalue weighted by Crippen LogP contribution is -2.25. The molecule has 1 aromatic carbocycles. The number of fused-ring (bicyclic) bond motifs is 1. The Labute approximate surface area is 121 Å². The van der Waals surface area contributed by atoms with Crippen LogP contribution in [0, 0.1) is 0 Å². The van der Waals surface area contributed by atoms with E-state index in [4.69, 9.17) is 4.74 Å². The molecule has 1 aliphatic carbocycles. The van der Waals surface area contributed by atoms with Crippen LogP contribution in [-0.4, -0.2) is 19.1 Å². The van der Waals surface area contributed by atoms with Crippen molar-refractivity contribution in [3.63, 3.8) is 0 Å². The molecule has 0 saturated heterocycles. The monoisotopic (exact) mass is 275 g/mol. The molecule has 1 N–H and O–H groups in total. The predicted molar refractivity (Wildman–Crippen MR) is 80.6 cm³/mol. The summed E-state index contributed by atoms with van der Waals surface area (Å²) in [6.45, 7) is 3.45. The van der Waals surface area contributed by atoms with Crippen LogP contribution < -0.4 is 5.32 Å². The van der Waals surface area contributed by atoms with E-state index in [1.165, 1.54) is 24.0 Å². The molecule has 110 valence electrons. The van der Waals surface area contributed by atoms with Crippen LogP contribution in [0.2, 0.25) is 0 Å². The van der Waals surface area contributed by atoms with Gasteiger partial charge in [0.05, 0.1) is 6.10 Å². The number of hydrogen-bond acceptors (Lipinski definition) is 2. The maximum atomic E-state index is 11.3. The summed E-state index contributed by atoms with van der Waals surface area (Å²) in [5.74, 6) is 0.149. The van der Waals surface area contributed by atoms with Crippen LogP contribution in [0.25, 0.3) is 0 Å². The highest BCUT2D eigenvalue weighted by atomic mass is 16.5. The second-order valence-electron chi connectivity index (χ2n) is 5.40. The smallest absolute Gasteiger partial charge is 0.219 e. The number of ether oxygens (including phenoxy) is 1. The lowest BCUT2D eigenvalue weighted by molar-refractivity contribution is -0.121. The fraction of sp³-hybridized carbons (Fsp3) is 0.588. The third kappa shape index (κ3) is 4.34. The normalized spacial score (nSPS) is 17.6. The molecule has 2 rings (SSSR count). The van der Waals surface area contributed by atoms with Gasteiger partial charge in [-0.3, -0.25) is 4.79 Å². The van der Waals surface area contributed by atoms with Crippen molar-refractivity contribution in [2.45, 2.75) is 51.6 Å². The first-order chi connectivity index (χ1) is 9.81. The number of rotatable bonds is 7. The van der Waals surface area contributed by atoms with Gasteiger partial charge in [-0.05, 0) is 43.2 Å². The molecule has 1 atom stereocenters. The van der Waals surface area contributed by atoms with Gasteiger partial charge < -0.3 is 10.1 Å². The molecule has 1 aliphatic rings. The number of carbonyl (C=O) groups is 1. The van der Waals surface area contributed by atoms with E-state index in [0.717, 1.165) is 19.3 Å². The summed E-state index contributed by atoms with van der Waals surface area (Å²) in [7, 11) is 0. The molecular formula is C17H25NO2. The molecule has 0 bridgehead atoms. The van der Waals surface area contributed by atoms with Gasteiger partial charge >= 0.3 is 0 Å². The summed E-state index contributed by atoms with van der Waals surface area (Å²) >= 11 is 0. The standard InChI is InChI=1S/C17H25NO2/c1-2-7-17(19)18-12-6-13-20-16-11-5-9-14-8-3-4-10-15(14)16/h3-4,8,10,16H,2,5-7,9,11-13H2,1H3,(H,18,19)/t16-/m0/s1. The van der Waals surface area contributed by atoms with Gasteiger partial charge in [-0.1, -0.05) is 31.2 Å². The molecule has 0 fully saturated rings. The minimum absolute atomic E-state index is 0.149. The molecule has 0 saturated carbocycles. The first-order valence-electron chi connectivity index (χ1n) is 7.77. The van der Waals surface area contributed by atoms with Gasteiger partial charge in [-0.25, -0.2) is 0 Å². The minimum Gasteiger partial charge on any atom is -0.373 e. The van der Waals surface area contributed by atoms with Crippen molar-refractivity contribution in [2.75, 3.05) is 13.2 Å². The third-order valence-electron chi connectivity index (χ3n) is 3.75. The van der Waals surface area contributed by atoms with Crippen molar-refractivity contribution in [3.05, 3.63) is 35.4 Å². The Kier molecular flexibility index (Phi) is 6.06. The lowest BCUT2D eigenvalue weighted by Gasteiger charge is -2.25. The quantitative estimate of drug-likeness (QED) is 0.775. The summed E-state index contributed by atoms with van der Waals surface area (Å²) in [6, 6.07) is 8.58. The summed E-state index contributed by atoms with van der Waals surface area (Å²) in [5.41, 5.74) is 2.79. The number of benzene rings is 1. The molecule has 0 aromatic heterocycles. The van der Waals surface area contributed by atoms with E-state index in [-0.39, 0.29) is 12.0 Å². The van der Waals surface area contributed by atoms with Crippen molar-refractivity contribution in [1.82, 2.24) is 5.32 Å². The number of hydrogen-bond donors (Lipinski definition) is 1. The Morgan fingerprint density at radius 3 is 3.10 bits per heavy atom. The van der Waals surface area contributed by atoms with Crippen molar-refractivity contribution >= 4 is 5.91 Å². The zero-order valence-corrected chi connectivity index (χ0v) is 12.4. The largest absolute Gasteiger partial charge is 0.373 e. The summed E-state index contributed by atoms with van der Waals surface area (Å²) < 4.78 is 6.00. The van der Waals surface area contributed by atoms with Gasteiger partial charge in [0, 0.05) is 19.6 Å². The van der Waals surface area contributed by atoms with Gasteiger partial charge in [0.1, 0.15) is 0 Å². The summed E-state index contributed by atoms with van der Waals surface area (Å²) in [4.78, 5) is 11.3. The molecule has 0 radical (unpaired) electrons. The highest BCUT2D eigenvalue weighted by molar-refractivity contribution is 5.75. The van der Waals surface area contributed by atoms with Crippen LogP contribution in [0.15, 0.2) is 24.3 Å². The average molecular weight is 275 g/mol.